The minimum atomic E-state index is -3.03. The van der Waals surface area contributed by atoms with Crippen LogP contribution >= 0.6 is 11.3 Å². The molecule has 0 spiro atoms. The van der Waals surface area contributed by atoms with Crippen molar-refractivity contribution in [3.05, 3.63) is 39.0 Å². The highest BCUT2D eigenvalue weighted by molar-refractivity contribution is 7.14. The molecule has 0 saturated heterocycles. The van der Waals surface area contributed by atoms with Gasteiger partial charge in [-0.2, -0.15) is 8.78 Å². The second-order valence-corrected chi connectivity index (χ2v) is 5.86. The number of carbonyl (C=O) groups excluding carboxylic acids is 1. The summed E-state index contributed by atoms with van der Waals surface area (Å²) < 4.78 is 34.2. The molecule has 2 aromatic heterocycles. The predicted molar refractivity (Wildman–Crippen MR) is 77.3 cm³/mol. The van der Waals surface area contributed by atoms with Crippen LogP contribution in [0.25, 0.3) is 0 Å². The Bertz CT molecular complexity index is 738. The molecule has 0 unspecified atom stereocenters. The molecule has 0 aliphatic rings. The average molecular weight is 345 g/mol. The number of hydrogen-bond acceptors (Lipinski definition) is 5. The normalized spacial score (nSPS) is 10.8. The van der Waals surface area contributed by atoms with E-state index >= 15 is 0 Å². The summed E-state index contributed by atoms with van der Waals surface area (Å²) in [5, 5.41) is 11.4. The van der Waals surface area contributed by atoms with Crippen LogP contribution in [0.2, 0.25) is 0 Å². The SMILES string of the molecule is Cc1cc(OC(F)F)c(C(=O)NCc2cc(C(=O)O)c(C)o2)s1. The molecule has 23 heavy (non-hydrogen) atoms. The molecule has 124 valence electrons. The van der Waals surface area contributed by atoms with Gasteiger partial charge in [0.1, 0.15) is 27.7 Å². The Labute approximate surface area is 133 Å². The maximum absolute atomic E-state index is 12.3. The predicted octanol–water partition coefficient (Wildman–Crippen LogP) is 3.19. The minimum absolute atomic E-state index is 0.00272. The van der Waals surface area contributed by atoms with E-state index in [0.29, 0.717) is 4.88 Å². The van der Waals surface area contributed by atoms with E-state index in [4.69, 9.17) is 9.52 Å². The summed E-state index contributed by atoms with van der Waals surface area (Å²) in [6.45, 7) is 0.0557. The first kappa shape index (κ1) is 16.9. The fourth-order valence-corrected chi connectivity index (χ4v) is 2.78. The molecule has 0 saturated carbocycles. The number of hydrogen-bond donors (Lipinski definition) is 2. The van der Waals surface area contributed by atoms with Crippen molar-refractivity contribution in [1.82, 2.24) is 5.32 Å². The number of amides is 1. The summed E-state index contributed by atoms with van der Waals surface area (Å²) in [6.07, 6.45) is 0. The second kappa shape index (κ2) is 6.78. The Morgan fingerprint density at radius 2 is 2.09 bits per heavy atom. The highest BCUT2D eigenvalue weighted by Crippen LogP contribution is 2.30. The van der Waals surface area contributed by atoms with Crippen LogP contribution in [0.1, 0.15) is 36.4 Å². The van der Waals surface area contributed by atoms with Crippen LogP contribution in [-0.2, 0) is 6.54 Å². The molecule has 0 aliphatic heterocycles. The molecule has 0 aromatic carbocycles. The fraction of sp³-hybridized carbons (Fsp3) is 0.286. The first-order valence-corrected chi connectivity index (χ1v) is 7.25. The third-order valence-corrected chi connectivity index (χ3v) is 3.90. The Morgan fingerprint density at radius 3 is 2.65 bits per heavy atom. The van der Waals surface area contributed by atoms with E-state index in [1.807, 2.05) is 0 Å². The fourth-order valence-electron chi connectivity index (χ4n) is 1.92. The molecule has 1 amide bonds. The van der Waals surface area contributed by atoms with E-state index in [-0.39, 0.29) is 34.3 Å². The van der Waals surface area contributed by atoms with E-state index < -0.39 is 18.5 Å². The number of halogens is 2. The summed E-state index contributed by atoms with van der Waals surface area (Å²) in [7, 11) is 0. The zero-order valence-electron chi connectivity index (χ0n) is 12.2. The summed E-state index contributed by atoms with van der Waals surface area (Å²) in [4.78, 5) is 23.7. The molecule has 0 bridgehead atoms. The van der Waals surface area contributed by atoms with Crippen LogP contribution in [0.15, 0.2) is 16.5 Å². The van der Waals surface area contributed by atoms with Crippen molar-refractivity contribution in [3.8, 4) is 5.75 Å². The van der Waals surface area contributed by atoms with Gasteiger partial charge in [0.05, 0.1) is 6.54 Å². The van der Waals surface area contributed by atoms with E-state index in [2.05, 4.69) is 10.1 Å². The molecule has 2 aromatic rings. The van der Waals surface area contributed by atoms with Gasteiger partial charge in [0.25, 0.3) is 5.91 Å². The number of carboxylic acids is 1. The van der Waals surface area contributed by atoms with Crippen LogP contribution in [-0.4, -0.2) is 23.6 Å². The quantitative estimate of drug-likeness (QED) is 0.839. The molecule has 2 rings (SSSR count). The number of aryl methyl sites for hydroxylation is 2. The lowest BCUT2D eigenvalue weighted by molar-refractivity contribution is -0.0498. The van der Waals surface area contributed by atoms with Crippen LogP contribution < -0.4 is 10.1 Å². The highest BCUT2D eigenvalue weighted by Gasteiger charge is 2.20. The Kier molecular flexibility index (Phi) is 4.99. The number of alkyl halides is 2. The van der Waals surface area contributed by atoms with Crippen molar-refractivity contribution in [3.63, 3.8) is 0 Å². The smallest absolute Gasteiger partial charge is 0.387 e. The highest BCUT2D eigenvalue weighted by atomic mass is 32.1. The van der Waals surface area contributed by atoms with Gasteiger partial charge in [-0.05, 0) is 26.0 Å². The van der Waals surface area contributed by atoms with Gasteiger partial charge in [-0.15, -0.1) is 11.3 Å². The van der Waals surface area contributed by atoms with Gasteiger partial charge >= 0.3 is 12.6 Å². The zero-order chi connectivity index (χ0) is 17.1. The summed E-state index contributed by atoms with van der Waals surface area (Å²) in [5.41, 5.74) is 0.00272. The first-order chi connectivity index (χ1) is 10.8. The molecule has 9 heteroatoms. The number of rotatable bonds is 6. The van der Waals surface area contributed by atoms with Crippen molar-refractivity contribution in [2.24, 2.45) is 0 Å². The molecule has 0 radical (unpaired) electrons. The van der Waals surface area contributed by atoms with Gasteiger partial charge in [-0.1, -0.05) is 0 Å². The number of carboxylic acid groups (broad SMARTS) is 1. The van der Waals surface area contributed by atoms with Crippen molar-refractivity contribution in [2.45, 2.75) is 27.0 Å². The lowest BCUT2D eigenvalue weighted by Gasteiger charge is -2.06. The third-order valence-electron chi connectivity index (χ3n) is 2.87. The molecule has 0 fully saturated rings. The van der Waals surface area contributed by atoms with E-state index in [9.17, 15) is 18.4 Å². The zero-order valence-corrected chi connectivity index (χ0v) is 13.0. The van der Waals surface area contributed by atoms with Gasteiger partial charge < -0.3 is 19.6 Å². The van der Waals surface area contributed by atoms with Crippen LogP contribution in [0.4, 0.5) is 8.78 Å². The van der Waals surface area contributed by atoms with E-state index in [1.165, 1.54) is 19.1 Å². The number of aromatic carboxylic acids is 1. The molecular weight excluding hydrogens is 332 g/mol. The van der Waals surface area contributed by atoms with Crippen molar-refractivity contribution in [1.29, 1.82) is 0 Å². The number of ether oxygens (including phenoxy) is 1. The summed E-state index contributed by atoms with van der Waals surface area (Å²) >= 11 is 1.02. The van der Waals surface area contributed by atoms with Gasteiger partial charge in [-0.3, -0.25) is 4.79 Å². The van der Waals surface area contributed by atoms with Crippen LogP contribution in [0.3, 0.4) is 0 Å². The molecule has 0 atom stereocenters. The van der Waals surface area contributed by atoms with Crippen molar-refractivity contribution < 1.29 is 32.6 Å². The van der Waals surface area contributed by atoms with Crippen molar-refractivity contribution in [2.75, 3.05) is 0 Å². The summed E-state index contributed by atoms with van der Waals surface area (Å²) in [5.74, 6) is -1.47. The third kappa shape index (κ3) is 4.07. The second-order valence-electron chi connectivity index (χ2n) is 4.60. The molecule has 2 N–H and O–H groups in total. The standard InChI is InChI=1S/C14H13F2NO5S/c1-6-3-10(22-14(15)16)11(23-6)12(18)17-5-8-4-9(13(19)20)7(2)21-8/h3-4,14H,5H2,1-2H3,(H,17,18)(H,19,20). The van der Waals surface area contributed by atoms with Crippen molar-refractivity contribution >= 4 is 23.2 Å². The van der Waals surface area contributed by atoms with Gasteiger partial charge in [0, 0.05) is 4.88 Å². The van der Waals surface area contributed by atoms with Crippen LogP contribution in [0, 0.1) is 13.8 Å². The Morgan fingerprint density at radius 1 is 1.39 bits per heavy atom. The molecular formula is C14H13F2NO5S. The maximum atomic E-state index is 12.3. The average Bonchev–Trinajstić information content (AvgIpc) is 2.98. The minimum Gasteiger partial charge on any atom is -0.478 e. The number of furan rings is 1. The number of thiophene rings is 1. The lowest BCUT2D eigenvalue weighted by atomic mass is 10.2. The number of carbonyl (C=O) groups is 2. The van der Waals surface area contributed by atoms with Gasteiger partial charge in [0.2, 0.25) is 0 Å². The van der Waals surface area contributed by atoms with Gasteiger partial charge in [0.15, 0.2) is 0 Å². The number of nitrogens with one attached hydrogen (secondary N) is 1. The monoisotopic (exact) mass is 345 g/mol. The molecule has 2 heterocycles. The topological polar surface area (TPSA) is 88.8 Å². The Hall–Kier alpha value is -2.42. The van der Waals surface area contributed by atoms with E-state index in [0.717, 1.165) is 11.3 Å². The summed E-state index contributed by atoms with van der Waals surface area (Å²) in [6, 6.07) is 2.65. The first-order valence-electron chi connectivity index (χ1n) is 6.44. The lowest BCUT2D eigenvalue weighted by Crippen LogP contribution is -2.22. The molecule has 0 aliphatic carbocycles. The van der Waals surface area contributed by atoms with Gasteiger partial charge in [-0.25, -0.2) is 4.79 Å². The van der Waals surface area contributed by atoms with E-state index in [1.54, 1.807) is 6.92 Å². The maximum Gasteiger partial charge on any atom is 0.387 e. The molecule has 6 nitrogen and oxygen atoms in total. The van der Waals surface area contributed by atoms with Crippen LogP contribution in [0.5, 0.6) is 5.75 Å². The largest absolute Gasteiger partial charge is 0.478 e. The Balaban J connectivity index is 2.08.